The zero-order valence-electron chi connectivity index (χ0n) is 16.8. The van der Waals surface area contributed by atoms with Gasteiger partial charge in [0, 0.05) is 41.0 Å². The first-order valence-corrected chi connectivity index (χ1v) is 10.2. The van der Waals surface area contributed by atoms with Crippen LogP contribution in [0.5, 0.6) is 0 Å². The van der Waals surface area contributed by atoms with E-state index in [9.17, 15) is 14.4 Å². The maximum absolute atomic E-state index is 12.7. The Bertz CT molecular complexity index is 1070. The molecule has 1 saturated heterocycles. The lowest BCUT2D eigenvalue weighted by atomic mass is 9.89. The molecule has 8 nitrogen and oxygen atoms in total. The Labute approximate surface area is 189 Å². The molecule has 160 valence electrons. The van der Waals surface area contributed by atoms with Crippen molar-refractivity contribution in [3.63, 3.8) is 0 Å². The summed E-state index contributed by atoms with van der Waals surface area (Å²) in [6, 6.07) is 5.21. The number of hydrogen-bond donors (Lipinski definition) is 2. The van der Waals surface area contributed by atoms with Gasteiger partial charge < -0.3 is 5.32 Å². The monoisotopic (exact) mass is 459 g/mol. The molecule has 10 heteroatoms. The number of benzene rings is 1. The van der Waals surface area contributed by atoms with Gasteiger partial charge in [-0.3, -0.25) is 19.7 Å². The maximum Gasteiger partial charge on any atom is 0.234 e. The summed E-state index contributed by atoms with van der Waals surface area (Å²) < 4.78 is 0. The number of amides is 3. The smallest absolute Gasteiger partial charge is 0.234 e. The zero-order chi connectivity index (χ0) is 22.8. The molecule has 3 amide bonds. The average Bonchev–Trinajstić information content (AvgIpc) is 2.73. The summed E-state index contributed by atoms with van der Waals surface area (Å²) in [5, 5.41) is 14.5. The Kier molecular flexibility index (Phi) is 6.58. The number of halogens is 2. The van der Waals surface area contributed by atoms with Gasteiger partial charge in [-0.25, -0.2) is 9.97 Å². The highest BCUT2D eigenvalue weighted by Gasteiger charge is 2.33. The average molecular weight is 460 g/mol. The molecular formula is C21H19Cl2N5O3. The summed E-state index contributed by atoms with van der Waals surface area (Å²) in [4.78, 5) is 44.5. The number of aromatic nitrogens is 2. The Morgan fingerprint density at radius 3 is 2.42 bits per heavy atom. The molecule has 1 aromatic carbocycles. The van der Waals surface area contributed by atoms with Gasteiger partial charge in [0.05, 0.1) is 11.5 Å². The summed E-state index contributed by atoms with van der Waals surface area (Å²) in [6.07, 6.45) is 3.28. The number of rotatable bonds is 5. The molecule has 1 aromatic heterocycles. The van der Waals surface area contributed by atoms with E-state index in [0.29, 0.717) is 33.2 Å². The SMILES string of the molecule is CC(C)(C(=O)NCc1cc(Cl)c([C@H]2CCC(=O)NC2=O)c(Cl)c1)c1ncc(C#N)cn1. The number of nitrogens with one attached hydrogen (secondary N) is 2. The molecule has 0 spiro atoms. The number of carbonyl (C=O) groups excluding carboxylic acids is 3. The molecule has 1 fully saturated rings. The first-order valence-electron chi connectivity index (χ1n) is 9.46. The minimum atomic E-state index is -1.03. The van der Waals surface area contributed by atoms with Crippen LogP contribution in [-0.4, -0.2) is 27.7 Å². The largest absolute Gasteiger partial charge is 0.351 e. The highest BCUT2D eigenvalue weighted by atomic mass is 35.5. The second-order valence-electron chi connectivity index (χ2n) is 7.69. The summed E-state index contributed by atoms with van der Waals surface area (Å²) in [5.74, 6) is -1.38. The number of nitrogens with zero attached hydrogens (tertiary/aromatic N) is 3. The standard InChI is InChI=1S/C21H19Cl2N5O3/c1-21(2,19-25-9-12(7-24)10-26-19)20(31)27-8-11-5-14(22)17(15(23)6-11)13-3-4-16(29)28-18(13)30/h5-6,9-10,13H,3-4,8H2,1-2H3,(H,27,31)(H,28,29,30)/t13-/m1/s1. The third-order valence-electron chi connectivity index (χ3n) is 5.09. The van der Waals surface area contributed by atoms with Gasteiger partial charge in [-0.2, -0.15) is 5.26 Å². The van der Waals surface area contributed by atoms with Crippen LogP contribution < -0.4 is 10.6 Å². The van der Waals surface area contributed by atoms with E-state index in [1.165, 1.54) is 12.4 Å². The highest BCUT2D eigenvalue weighted by molar-refractivity contribution is 6.36. The molecule has 1 atom stereocenters. The fourth-order valence-corrected chi connectivity index (χ4v) is 4.05. The van der Waals surface area contributed by atoms with Gasteiger partial charge in [-0.05, 0) is 38.0 Å². The van der Waals surface area contributed by atoms with Crippen LogP contribution >= 0.6 is 23.2 Å². The second kappa shape index (κ2) is 9.00. The van der Waals surface area contributed by atoms with Crippen molar-refractivity contribution in [2.24, 2.45) is 0 Å². The highest BCUT2D eigenvalue weighted by Crippen LogP contribution is 2.37. The molecule has 2 heterocycles. The fourth-order valence-electron chi connectivity index (χ4n) is 3.25. The zero-order valence-corrected chi connectivity index (χ0v) is 18.3. The Balaban J connectivity index is 1.73. The lowest BCUT2D eigenvalue weighted by molar-refractivity contribution is -0.134. The van der Waals surface area contributed by atoms with Crippen molar-refractivity contribution in [2.75, 3.05) is 0 Å². The van der Waals surface area contributed by atoms with Gasteiger partial charge in [-0.15, -0.1) is 0 Å². The van der Waals surface area contributed by atoms with Crippen LogP contribution in [-0.2, 0) is 26.3 Å². The summed E-state index contributed by atoms with van der Waals surface area (Å²) in [6.45, 7) is 3.50. The van der Waals surface area contributed by atoms with Crippen molar-refractivity contribution in [2.45, 2.75) is 44.6 Å². The quantitative estimate of drug-likeness (QED) is 0.662. The normalized spacial score (nSPS) is 16.4. The van der Waals surface area contributed by atoms with Crippen LogP contribution in [0, 0.1) is 11.3 Å². The van der Waals surface area contributed by atoms with E-state index in [-0.39, 0.29) is 30.6 Å². The van der Waals surface area contributed by atoms with E-state index < -0.39 is 17.2 Å². The van der Waals surface area contributed by atoms with Crippen molar-refractivity contribution >= 4 is 40.9 Å². The summed E-state index contributed by atoms with van der Waals surface area (Å²) in [5.41, 5.74) is 0.389. The van der Waals surface area contributed by atoms with Crippen molar-refractivity contribution in [1.29, 1.82) is 5.26 Å². The lowest BCUT2D eigenvalue weighted by Gasteiger charge is -2.24. The number of piperidine rings is 1. The number of imide groups is 1. The number of nitriles is 1. The molecule has 0 bridgehead atoms. The Morgan fingerprint density at radius 1 is 1.26 bits per heavy atom. The number of carbonyl (C=O) groups is 3. The Morgan fingerprint density at radius 2 is 1.87 bits per heavy atom. The second-order valence-corrected chi connectivity index (χ2v) is 8.51. The van der Waals surface area contributed by atoms with E-state index in [1.807, 2.05) is 6.07 Å². The van der Waals surface area contributed by atoms with Crippen molar-refractivity contribution in [1.82, 2.24) is 20.6 Å². The molecule has 31 heavy (non-hydrogen) atoms. The van der Waals surface area contributed by atoms with Crippen LogP contribution in [0.2, 0.25) is 10.0 Å². The third-order valence-corrected chi connectivity index (χ3v) is 5.71. The van der Waals surface area contributed by atoms with Crippen LogP contribution in [0.25, 0.3) is 0 Å². The van der Waals surface area contributed by atoms with Crippen LogP contribution in [0.15, 0.2) is 24.5 Å². The van der Waals surface area contributed by atoms with Crippen LogP contribution in [0.1, 0.15) is 55.1 Å². The predicted octanol–water partition coefficient (Wildman–Crippen LogP) is 2.77. The molecule has 0 saturated carbocycles. The van der Waals surface area contributed by atoms with E-state index in [2.05, 4.69) is 20.6 Å². The topological polar surface area (TPSA) is 125 Å². The minimum Gasteiger partial charge on any atom is -0.351 e. The lowest BCUT2D eigenvalue weighted by Crippen LogP contribution is -2.41. The van der Waals surface area contributed by atoms with Gasteiger partial charge in [0.25, 0.3) is 0 Å². The van der Waals surface area contributed by atoms with Crippen molar-refractivity contribution in [3.8, 4) is 6.07 Å². The van der Waals surface area contributed by atoms with E-state index >= 15 is 0 Å². The van der Waals surface area contributed by atoms with Gasteiger partial charge in [0.2, 0.25) is 17.7 Å². The first kappa shape index (κ1) is 22.7. The third kappa shape index (κ3) is 4.84. The molecule has 1 aliphatic heterocycles. The maximum atomic E-state index is 12.7. The fraction of sp³-hybridized carbons (Fsp3) is 0.333. The summed E-state index contributed by atoms with van der Waals surface area (Å²) >= 11 is 12.8. The summed E-state index contributed by atoms with van der Waals surface area (Å²) in [7, 11) is 0. The van der Waals surface area contributed by atoms with E-state index in [1.54, 1.807) is 26.0 Å². The molecular weight excluding hydrogens is 441 g/mol. The Hall–Kier alpha value is -3.02. The molecule has 3 rings (SSSR count). The van der Waals surface area contributed by atoms with Crippen LogP contribution in [0.3, 0.4) is 0 Å². The molecule has 0 radical (unpaired) electrons. The molecule has 2 N–H and O–H groups in total. The molecule has 2 aromatic rings. The van der Waals surface area contributed by atoms with Gasteiger partial charge in [0.15, 0.2) is 0 Å². The predicted molar refractivity (Wildman–Crippen MR) is 113 cm³/mol. The van der Waals surface area contributed by atoms with Gasteiger partial charge >= 0.3 is 0 Å². The van der Waals surface area contributed by atoms with Crippen molar-refractivity contribution in [3.05, 3.63) is 57.1 Å². The minimum absolute atomic E-state index is 0.146. The molecule has 0 unspecified atom stereocenters. The molecule has 1 aliphatic rings. The van der Waals surface area contributed by atoms with Crippen LogP contribution in [0.4, 0.5) is 0 Å². The van der Waals surface area contributed by atoms with Gasteiger partial charge in [-0.1, -0.05) is 23.2 Å². The van der Waals surface area contributed by atoms with Crippen molar-refractivity contribution < 1.29 is 14.4 Å². The van der Waals surface area contributed by atoms with E-state index in [4.69, 9.17) is 28.5 Å². The van der Waals surface area contributed by atoms with Gasteiger partial charge in [0.1, 0.15) is 17.3 Å². The number of hydrogen-bond acceptors (Lipinski definition) is 6. The molecule has 0 aliphatic carbocycles. The first-order chi connectivity index (χ1) is 14.6. The van der Waals surface area contributed by atoms with E-state index in [0.717, 1.165) is 0 Å².